The van der Waals surface area contributed by atoms with Crippen LogP contribution in [0.5, 0.6) is 0 Å². The molecule has 2 fully saturated rings. The lowest BCUT2D eigenvalue weighted by atomic mass is 10.1. The fraction of sp³-hybridized carbons (Fsp3) is 0.455. The van der Waals surface area contributed by atoms with Crippen molar-refractivity contribution in [2.24, 2.45) is 0 Å². The van der Waals surface area contributed by atoms with Gasteiger partial charge in [0.15, 0.2) is 5.65 Å². The summed E-state index contributed by atoms with van der Waals surface area (Å²) in [5, 5.41) is 9.69. The summed E-state index contributed by atoms with van der Waals surface area (Å²) in [7, 11) is 0. The number of nitriles is 1. The number of anilines is 1. The zero-order valence-electron chi connectivity index (χ0n) is 16.3. The van der Waals surface area contributed by atoms with Gasteiger partial charge in [-0.3, -0.25) is 9.30 Å². The van der Waals surface area contributed by atoms with Gasteiger partial charge in [0.25, 0.3) is 0 Å². The first-order valence-electron chi connectivity index (χ1n) is 10.1. The Morgan fingerprint density at radius 3 is 2.61 bits per heavy atom. The van der Waals surface area contributed by atoms with Crippen LogP contribution < -0.4 is 4.90 Å². The van der Waals surface area contributed by atoms with Gasteiger partial charge >= 0.3 is 0 Å². The Kier molecular flexibility index (Phi) is 4.42. The lowest BCUT2D eigenvalue weighted by molar-refractivity contribution is 0.0321. The summed E-state index contributed by atoms with van der Waals surface area (Å²) in [6.45, 7) is 7.91. The smallest absolute Gasteiger partial charge is 0.157 e. The van der Waals surface area contributed by atoms with E-state index in [0.29, 0.717) is 11.6 Å². The Bertz CT molecular complexity index is 1050. The maximum absolute atomic E-state index is 9.69. The number of aryl methyl sites for hydroxylation is 1. The molecular formula is C22H25N5O. The second-order valence-electron chi connectivity index (χ2n) is 7.80. The number of pyridine rings is 1. The fourth-order valence-electron chi connectivity index (χ4n) is 4.67. The highest BCUT2D eigenvalue weighted by molar-refractivity contribution is 5.85. The third-order valence-corrected chi connectivity index (χ3v) is 6.21. The zero-order valence-corrected chi connectivity index (χ0v) is 16.3. The minimum atomic E-state index is 0.660. The van der Waals surface area contributed by atoms with E-state index in [2.05, 4.69) is 32.4 Å². The van der Waals surface area contributed by atoms with Gasteiger partial charge in [-0.05, 0) is 43.5 Å². The van der Waals surface area contributed by atoms with Crippen LogP contribution in [0.1, 0.15) is 24.0 Å². The van der Waals surface area contributed by atoms with Crippen molar-refractivity contribution in [2.75, 3.05) is 44.3 Å². The van der Waals surface area contributed by atoms with Crippen LogP contribution in [-0.4, -0.2) is 59.7 Å². The third-order valence-electron chi connectivity index (χ3n) is 6.21. The summed E-state index contributed by atoms with van der Waals surface area (Å²) < 4.78 is 7.69. The number of imidazole rings is 1. The Hall–Kier alpha value is -2.62. The Balaban J connectivity index is 1.52. The maximum Gasteiger partial charge on any atom is 0.157 e. The van der Waals surface area contributed by atoms with Gasteiger partial charge in [0.1, 0.15) is 11.9 Å². The highest BCUT2D eigenvalue weighted by atomic mass is 16.5. The monoisotopic (exact) mass is 375 g/mol. The van der Waals surface area contributed by atoms with Crippen LogP contribution in [0.25, 0.3) is 16.7 Å². The van der Waals surface area contributed by atoms with E-state index in [9.17, 15) is 5.26 Å². The summed E-state index contributed by atoms with van der Waals surface area (Å²) in [5.41, 5.74) is 4.43. The number of ether oxygens (including phenoxy) is 1. The number of hydrogen-bond donors (Lipinski definition) is 0. The van der Waals surface area contributed by atoms with Crippen LogP contribution in [-0.2, 0) is 4.74 Å². The largest absolute Gasteiger partial charge is 0.381 e. The van der Waals surface area contributed by atoms with Crippen molar-refractivity contribution in [1.29, 1.82) is 5.26 Å². The van der Waals surface area contributed by atoms with Gasteiger partial charge in [-0.2, -0.15) is 5.26 Å². The number of piperazine rings is 1. The first-order chi connectivity index (χ1) is 13.8. The van der Waals surface area contributed by atoms with Gasteiger partial charge < -0.3 is 9.64 Å². The normalized spacial score (nSPS) is 19.4. The molecule has 6 nitrogen and oxygen atoms in total. The predicted octanol–water partition coefficient (Wildman–Crippen LogP) is 2.97. The molecule has 3 aromatic rings. The Morgan fingerprint density at radius 2 is 1.86 bits per heavy atom. The molecular weight excluding hydrogens is 350 g/mol. The van der Waals surface area contributed by atoms with Crippen LogP contribution in [0.15, 0.2) is 30.3 Å². The quantitative estimate of drug-likeness (QED) is 0.689. The van der Waals surface area contributed by atoms with Crippen molar-refractivity contribution >= 4 is 22.5 Å². The third kappa shape index (κ3) is 2.83. The number of fused-ring (bicyclic) bond motifs is 3. The van der Waals surface area contributed by atoms with Crippen LogP contribution in [0.2, 0.25) is 0 Å². The molecule has 2 aliphatic heterocycles. The molecule has 0 spiro atoms. The van der Waals surface area contributed by atoms with E-state index in [1.165, 1.54) is 0 Å². The molecule has 0 amide bonds. The first kappa shape index (κ1) is 17.5. The van der Waals surface area contributed by atoms with E-state index < -0.39 is 0 Å². The molecule has 6 heteroatoms. The van der Waals surface area contributed by atoms with Gasteiger partial charge in [-0.25, -0.2) is 4.98 Å². The second-order valence-corrected chi connectivity index (χ2v) is 7.80. The molecule has 144 valence electrons. The zero-order chi connectivity index (χ0) is 19.1. The minimum Gasteiger partial charge on any atom is -0.381 e. The number of hydrogen-bond acceptors (Lipinski definition) is 5. The summed E-state index contributed by atoms with van der Waals surface area (Å²) in [6.07, 6.45) is 2.29. The van der Waals surface area contributed by atoms with Crippen molar-refractivity contribution in [3.63, 3.8) is 0 Å². The molecule has 0 atom stereocenters. The molecule has 2 saturated heterocycles. The summed E-state index contributed by atoms with van der Waals surface area (Å²) in [6, 6.07) is 13.3. The predicted molar refractivity (Wildman–Crippen MR) is 110 cm³/mol. The van der Waals surface area contributed by atoms with Crippen molar-refractivity contribution < 1.29 is 4.74 Å². The number of benzene rings is 1. The molecule has 2 aliphatic rings. The SMILES string of the molecule is Cc1cc(N2CCN(C3CCOCC3)CC2)n2c(nc3ccccc32)c1C#N. The number of para-hydroxylation sites is 2. The molecule has 0 radical (unpaired) electrons. The fourth-order valence-corrected chi connectivity index (χ4v) is 4.67. The van der Waals surface area contributed by atoms with Crippen LogP contribution in [0.4, 0.5) is 5.82 Å². The van der Waals surface area contributed by atoms with E-state index in [-0.39, 0.29) is 0 Å². The average Bonchev–Trinajstić information content (AvgIpc) is 3.13. The molecule has 28 heavy (non-hydrogen) atoms. The lowest BCUT2D eigenvalue weighted by Gasteiger charge is -2.41. The number of rotatable bonds is 2. The van der Waals surface area contributed by atoms with E-state index in [4.69, 9.17) is 9.72 Å². The van der Waals surface area contributed by atoms with E-state index in [1.54, 1.807) is 0 Å². The van der Waals surface area contributed by atoms with Gasteiger partial charge in [-0.15, -0.1) is 0 Å². The van der Waals surface area contributed by atoms with Gasteiger partial charge in [-0.1, -0.05) is 12.1 Å². The summed E-state index contributed by atoms with van der Waals surface area (Å²) in [5.74, 6) is 1.15. The van der Waals surface area contributed by atoms with Gasteiger partial charge in [0.2, 0.25) is 0 Å². The molecule has 1 aromatic carbocycles. The highest BCUT2D eigenvalue weighted by Crippen LogP contribution is 2.29. The van der Waals surface area contributed by atoms with E-state index in [0.717, 1.165) is 80.3 Å². The van der Waals surface area contributed by atoms with Crippen molar-refractivity contribution in [2.45, 2.75) is 25.8 Å². The van der Waals surface area contributed by atoms with Crippen LogP contribution in [0, 0.1) is 18.3 Å². The molecule has 0 N–H and O–H groups in total. The van der Waals surface area contributed by atoms with Crippen LogP contribution >= 0.6 is 0 Å². The highest BCUT2D eigenvalue weighted by Gasteiger charge is 2.27. The average molecular weight is 375 g/mol. The summed E-state index contributed by atoms with van der Waals surface area (Å²) in [4.78, 5) is 9.85. The van der Waals surface area contributed by atoms with Crippen molar-refractivity contribution in [1.82, 2.24) is 14.3 Å². The molecule has 4 heterocycles. The molecule has 0 bridgehead atoms. The summed E-state index contributed by atoms with van der Waals surface area (Å²) >= 11 is 0. The van der Waals surface area contributed by atoms with Crippen LogP contribution in [0.3, 0.4) is 0 Å². The van der Waals surface area contributed by atoms with E-state index in [1.807, 2.05) is 25.1 Å². The van der Waals surface area contributed by atoms with Gasteiger partial charge in [0, 0.05) is 45.4 Å². The Morgan fingerprint density at radius 1 is 1.11 bits per heavy atom. The topological polar surface area (TPSA) is 56.8 Å². The molecule has 2 aromatic heterocycles. The van der Waals surface area contributed by atoms with Crippen molar-refractivity contribution in [3.05, 3.63) is 41.5 Å². The number of nitrogens with zero attached hydrogens (tertiary/aromatic N) is 5. The van der Waals surface area contributed by atoms with Gasteiger partial charge in [0.05, 0.1) is 16.6 Å². The molecule has 0 aliphatic carbocycles. The molecule has 0 saturated carbocycles. The molecule has 5 rings (SSSR count). The van der Waals surface area contributed by atoms with E-state index >= 15 is 0 Å². The van der Waals surface area contributed by atoms with Crippen molar-refractivity contribution in [3.8, 4) is 6.07 Å². The Labute approximate surface area is 164 Å². The standard InChI is InChI=1S/C22H25N5O/c1-16-14-21(26-10-8-25(9-11-26)17-6-12-28-13-7-17)27-20-5-3-2-4-19(20)24-22(27)18(16)15-23/h2-5,14,17H,6-13H2,1H3. The lowest BCUT2D eigenvalue weighted by Crippen LogP contribution is -2.52. The maximum atomic E-state index is 9.69. The minimum absolute atomic E-state index is 0.660. The number of aromatic nitrogens is 2. The second kappa shape index (κ2) is 7.08. The first-order valence-corrected chi connectivity index (χ1v) is 10.1. The molecule has 0 unspecified atom stereocenters.